The van der Waals surface area contributed by atoms with Gasteiger partial charge in [-0.15, -0.1) is 0 Å². The van der Waals surface area contributed by atoms with Crippen LogP contribution in [-0.2, 0) is 0 Å². The maximum Gasteiger partial charge on any atom is 0.345 e. The van der Waals surface area contributed by atoms with Crippen molar-refractivity contribution in [1.29, 1.82) is 0 Å². The van der Waals surface area contributed by atoms with E-state index in [-0.39, 0.29) is 0 Å². The minimum Gasteiger partial charge on any atom is -0.410 e. The molecule has 0 atom stereocenters. The molecule has 0 aromatic heterocycles. The maximum atomic E-state index is 8.22. The Hall–Kier alpha value is -0.123. The van der Waals surface area contributed by atoms with E-state index in [0.29, 0.717) is 5.20 Å². The highest BCUT2D eigenvalue weighted by molar-refractivity contribution is 6.50. The summed E-state index contributed by atoms with van der Waals surface area (Å²) >= 11 is 0. The summed E-state index contributed by atoms with van der Waals surface area (Å²) in [5.41, 5.74) is 0. The number of hydrogen-bond acceptors (Lipinski definition) is 2. The first-order valence-corrected chi connectivity index (χ1v) is 3.27. The average molecular weight is 104 g/mol. The Labute approximate surface area is 38.6 Å². The zero-order valence-electron chi connectivity index (χ0n) is 3.68. The second kappa shape index (κ2) is 2.12. The van der Waals surface area contributed by atoms with Gasteiger partial charge < -0.3 is 9.59 Å². The summed E-state index contributed by atoms with van der Waals surface area (Å²) < 4.78 is 0. The Balaban J connectivity index is 3.26. The first kappa shape index (κ1) is 5.88. The molecule has 0 bridgehead atoms. The molecular weight excluding hydrogens is 96.1 g/mol. The van der Waals surface area contributed by atoms with Crippen LogP contribution in [0.5, 0.6) is 0 Å². The molecule has 0 rings (SSSR count). The zero-order chi connectivity index (χ0) is 5.15. The van der Waals surface area contributed by atoms with Crippen molar-refractivity contribution in [3.05, 3.63) is 11.8 Å². The lowest BCUT2D eigenvalue weighted by molar-refractivity contribution is 0.419. The third-order valence-electron chi connectivity index (χ3n) is 0.441. The van der Waals surface area contributed by atoms with Gasteiger partial charge in [-0.25, -0.2) is 0 Å². The van der Waals surface area contributed by atoms with Gasteiger partial charge in [0.25, 0.3) is 0 Å². The SMILES string of the molecule is C=C(C)[SiH](O)O. The molecule has 0 amide bonds. The molecule has 0 heterocycles. The largest absolute Gasteiger partial charge is 0.410 e. The van der Waals surface area contributed by atoms with Crippen molar-refractivity contribution in [2.75, 3.05) is 0 Å². The first-order valence-electron chi connectivity index (χ1n) is 1.66. The van der Waals surface area contributed by atoms with Gasteiger partial charge >= 0.3 is 9.28 Å². The Morgan fingerprint density at radius 2 is 1.83 bits per heavy atom. The predicted octanol–water partition coefficient (Wildman–Crippen LogP) is -0.693. The number of hydrogen-bond donors (Lipinski definition) is 2. The molecule has 2 nitrogen and oxygen atoms in total. The summed E-state index contributed by atoms with van der Waals surface area (Å²) in [5.74, 6) is 0. The summed E-state index contributed by atoms with van der Waals surface area (Å²) in [6.45, 7) is 4.92. The Kier molecular flexibility index (Phi) is 2.08. The van der Waals surface area contributed by atoms with Crippen LogP contribution >= 0.6 is 0 Å². The van der Waals surface area contributed by atoms with Crippen LogP contribution in [0.25, 0.3) is 0 Å². The van der Waals surface area contributed by atoms with Crippen LogP contribution in [0.3, 0.4) is 0 Å². The summed E-state index contributed by atoms with van der Waals surface area (Å²) in [5, 5.41) is 0.509. The molecule has 3 heteroatoms. The van der Waals surface area contributed by atoms with Crippen molar-refractivity contribution in [2.45, 2.75) is 6.92 Å². The van der Waals surface area contributed by atoms with Crippen molar-refractivity contribution >= 4 is 9.28 Å². The zero-order valence-corrected chi connectivity index (χ0v) is 4.83. The lowest BCUT2D eigenvalue weighted by Crippen LogP contribution is -2.11. The quantitative estimate of drug-likeness (QED) is 0.432. The molecule has 0 fully saturated rings. The van der Waals surface area contributed by atoms with Gasteiger partial charge in [0, 0.05) is 0 Å². The lowest BCUT2D eigenvalue weighted by atomic mass is 10.8. The predicted molar refractivity (Wildman–Crippen MR) is 26.4 cm³/mol. The standard InChI is InChI=1S/C3H8O2Si/c1-3(2)6(4)5/h4-6H,1H2,2H3. The van der Waals surface area contributed by atoms with Gasteiger partial charge in [-0.1, -0.05) is 6.58 Å². The highest BCUT2D eigenvalue weighted by atomic mass is 28.3. The van der Waals surface area contributed by atoms with Crippen LogP contribution in [0.1, 0.15) is 6.92 Å². The monoisotopic (exact) mass is 104 g/mol. The van der Waals surface area contributed by atoms with E-state index < -0.39 is 9.28 Å². The molecule has 0 radical (unpaired) electrons. The third-order valence-corrected chi connectivity index (χ3v) is 1.32. The van der Waals surface area contributed by atoms with Gasteiger partial charge in [-0.05, 0) is 12.1 Å². The summed E-state index contributed by atoms with van der Waals surface area (Å²) in [4.78, 5) is 16.4. The molecule has 2 N–H and O–H groups in total. The van der Waals surface area contributed by atoms with Crippen LogP contribution in [0.15, 0.2) is 11.8 Å². The molecule has 0 aliphatic rings. The summed E-state index contributed by atoms with van der Waals surface area (Å²) in [7, 11) is -2.44. The molecule has 0 aromatic rings. The molecule has 0 aliphatic heterocycles. The second-order valence-corrected chi connectivity index (χ2v) is 2.95. The van der Waals surface area contributed by atoms with Crippen LogP contribution in [-0.4, -0.2) is 18.9 Å². The minimum atomic E-state index is -2.44. The van der Waals surface area contributed by atoms with E-state index >= 15 is 0 Å². The highest BCUT2D eigenvalue weighted by Crippen LogP contribution is 1.83. The molecular formula is C3H8O2Si. The first-order chi connectivity index (χ1) is 2.64. The Morgan fingerprint density at radius 3 is 1.83 bits per heavy atom. The minimum absolute atomic E-state index is 0.509. The molecule has 0 saturated heterocycles. The van der Waals surface area contributed by atoms with E-state index in [4.69, 9.17) is 9.59 Å². The fourth-order valence-electron chi connectivity index (χ4n) is 0. The van der Waals surface area contributed by atoms with Crippen LogP contribution < -0.4 is 0 Å². The number of rotatable bonds is 1. The van der Waals surface area contributed by atoms with E-state index in [9.17, 15) is 0 Å². The van der Waals surface area contributed by atoms with Gasteiger partial charge in [0.2, 0.25) is 0 Å². The van der Waals surface area contributed by atoms with E-state index in [1.165, 1.54) is 0 Å². The molecule has 0 saturated carbocycles. The third kappa shape index (κ3) is 2.13. The van der Waals surface area contributed by atoms with Crippen molar-refractivity contribution in [2.24, 2.45) is 0 Å². The molecule has 0 unspecified atom stereocenters. The average Bonchev–Trinajstić information content (AvgIpc) is 1.36. The molecule has 6 heavy (non-hydrogen) atoms. The van der Waals surface area contributed by atoms with Crippen molar-refractivity contribution in [1.82, 2.24) is 0 Å². The normalized spacial score (nSPS) is 9.33. The topological polar surface area (TPSA) is 40.5 Å². The van der Waals surface area contributed by atoms with Crippen LogP contribution in [0, 0.1) is 0 Å². The van der Waals surface area contributed by atoms with Gasteiger partial charge in [-0.3, -0.25) is 0 Å². The van der Waals surface area contributed by atoms with Crippen LogP contribution in [0.4, 0.5) is 0 Å². The lowest BCUT2D eigenvalue weighted by Gasteiger charge is -1.92. The fourth-order valence-corrected chi connectivity index (χ4v) is 0. The summed E-state index contributed by atoms with van der Waals surface area (Å²) in [6, 6.07) is 0. The van der Waals surface area contributed by atoms with E-state index in [1.807, 2.05) is 0 Å². The maximum absolute atomic E-state index is 8.22. The molecule has 36 valence electrons. The van der Waals surface area contributed by atoms with Gasteiger partial charge in [-0.2, -0.15) is 0 Å². The highest BCUT2D eigenvalue weighted by Gasteiger charge is 1.97. The van der Waals surface area contributed by atoms with Crippen molar-refractivity contribution < 1.29 is 9.59 Å². The molecule has 0 spiro atoms. The second-order valence-electron chi connectivity index (χ2n) is 1.22. The van der Waals surface area contributed by atoms with Gasteiger partial charge in [0.15, 0.2) is 0 Å². The van der Waals surface area contributed by atoms with E-state index in [2.05, 4.69) is 6.58 Å². The smallest absolute Gasteiger partial charge is 0.345 e. The molecule has 0 aliphatic carbocycles. The van der Waals surface area contributed by atoms with Gasteiger partial charge in [0.1, 0.15) is 0 Å². The van der Waals surface area contributed by atoms with Gasteiger partial charge in [0.05, 0.1) is 0 Å². The van der Waals surface area contributed by atoms with E-state index in [1.54, 1.807) is 6.92 Å². The summed E-state index contributed by atoms with van der Waals surface area (Å²) in [6.07, 6.45) is 0. The van der Waals surface area contributed by atoms with E-state index in [0.717, 1.165) is 0 Å². The number of allylic oxidation sites excluding steroid dienone is 1. The van der Waals surface area contributed by atoms with Crippen LogP contribution in [0.2, 0.25) is 0 Å². The Morgan fingerprint density at radius 1 is 1.67 bits per heavy atom. The molecule has 0 aromatic carbocycles. The van der Waals surface area contributed by atoms with Crippen molar-refractivity contribution in [3.8, 4) is 0 Å². The Bertz CT molecular complexity index is 59.8. The fraction of sp³-hybridized carbons (Fsp3) is 0.333. The van der Waals surface area contributed by atoms with Crippen molar-refractivity contribution in [3.63, 3.8) is 0 Å².